The highest BCUT2D eigenvalue weighted by Gasteiger charge is 2.18. The Hall–Kier alpha value is -0.670. The molecule has 18 heavy (non-hydrogen) atoms. The predicted octanol–water partition coefficient (Wildman–Crippen LogP) is 3.81. The van der Waals surface area contributed by atoms with Crippen LogP contribution in [-0.2, 0) is 11.8 Å². The maximum atomic E-state index is 6.06. The Morgan fingerprint density at radius 3 is 2.83 bits per heavy atom. The molecule has 1 unspecified atom stereocenters. The predicted molar refractivity (Wildman–Crippen MR) is 79.0 cm³/mol. The topological polar surface area (TPSA) is 38.9 Å². The fraction of sp³-hybridized carbons (Fsp3) is 0.667. The number of allylic oxidation sites excluding steroid dienone is 1. The standard InChI is InChI=1S/C15H24N2S/c1-15(2,3)13-10-18-14(17-13)9-11-6-4-5-7-12(16)8-11/h8,10,12H,4-7,9,16H2,1-3H3. The molecule has 3 heteroatoms. The first-order valence-corrected chi connectivity index (χ1v) is 7.73. The van der Waals surface area contributed by atoms with Gasteiger partial charge in [0.05, 0.1) is 10.7 Å². The zero-order valence-corrected chi connectivity index (χ0v) is 12.5. The van der Waals surface area contributed by atoms with Gasteiger partial charge >= 0.3 is 0 Å². The Morgan fingerprint density at radius 1 is 1.39 bits per heavy atom. The van der Waals surface area contributed by atoms with Crippen LogP contribution < -0.4 is 5.73 Å². The van der Waals surface area contributed by atoms with Gasteiger partial charge in [-0.05, 0) is 19.3 Å². The van der Waals surface area contributed by atoms with E-state index >= 15 is 0 Å². The van der Waals surface area contributed by atoms with Crippen molar-refractivity contribution in [2.24, 2.45) is 5.73 Å². The summed E-state index contributed by atoms with van der Waals surface area (Å²) in [6.45, 7) is 6.64. The molecule has 1 aliphatic rings. The van der Waals surface area contributed by atoms with Gasteiger partial charge in [-0.1, -0.05) is 38.8 Å². The summed E-state index contributed by atoms with van der Waals surface area (Å²) in [5, 5.41) is 3.44. The van der Waals surface area contributed by atoms with Gasteiger partial charge in [0.15, 0.2) is 0 Å². The van der Waals surface area contributed by atoms with E-state index in [0.717, 1.165) is 12.8 Å². The van der Waals surface area contributed by atoms with Crippen LogP contribution in [0.5, 0.6) is 0 Å². The Kier molecular flexibility index (Phi) is 4.23. The van der Waals surface area contributed by atoms with Gasteiger partial charge in [-0.3, -0.25) is 0 Å². The number of hydrogen-bond donors (Lipinski definition) is 1. The molecule has 0 saturated carbocycles. The molecule has 2 nitrogen and oxygen atoms in total. The monoisotopic (exact) mass is 264 g/mol. The third kappa shape index (κ3) is 3.66. The van der Waals surface area contributed by atoms with Crippen molar-refractivity contribution < 1.29 is 0 Å². The molecule has 100 valence electrons. The molecule has 2 N–H and O–H groups in total. The van der Waals surface area contributed by atoms with Crippen molar-refractivity contribution in [1.82, 2.24) is 4.98 Å². The molecule has 0 spiro atoms. The molecular weight excluding hydrogens is 240 g/mol. The Bertz CT molecular complexity index is 426. The minimum atomic E-state index is 0.156. The van der Waals surface area contributed by atoms with Crippen LogP contribution in [0.2, 0.25) is 0 Å². The first kappa shape index (κ1) is 13.8. The Morgan fingerprint density at radius 2 is 2.17 bits per heavy atom. The number of thiazole rings is 1. The van der Waals surface area contributed by atoms with Crippen molar-refractivity contribution in [3.8, 4) is 0 Å². The van der Waals surface area contributed by atoms with Crippen molar-refractivity contribution in [2.75, 3.05) is 0 Å². The van der Waals surface area contributed by atoms with Gasteiger partial charge in [-0.2, -0.15) is 0 Å². The summed E-state index contributed by atoms with van der Waals surface area (Å²) in [5.74, 6) is 0. The molecule has 0 aromatic carbocycles. The van der Waals surface area contributed by atoms with E-state index in [0.29, 0.717) is 0 Å². The third-order valence-electron chi connectivity index (χ3n) is 3.43. The molecule has 0 saturated heterocycles. The van der Waals surface area contributed by atoms with Gasteiger partial charge in [0.2, 0.25) is 0 Å². The van der Waals surface area contributed by atoms with E-state index < -0.39 is 0 Å². The summed E-state index contributed by atoms with van der Waals surface area (Å²) in [6, 6.07) is 0.254. The molecule has 0 amide bonds. The Balaban J connectivity index is 2.07. The maximum absolute atomic E-state index is 6.06. The lowest BCUT2D eigenvalue weighted by Gasteiger charge is -2.14. The smallest absolute Gasteiger partial charge is 0.0969 e. The first-order valence-electron chi connectivity index (χ1n) is 6.85. The average Bonchev–Trinajstić information content (AvgIpc) is 2.63. The molecule has 1 heterocycles. The van der Waals surface area contributed by atoms with Gasteiger partial charge in [-0.15, -0.1) is 11.3 Å². The van der Waals surface area contributed by atoms with Crippen molar-refractivity contribution in [2.45, 2.75) is 64.3 Å². The van der Waals surface area contributed by atoms with Crippen LogP contribution in [0.1, 0.15) is 57.2 Å². The number of rotatable bonds is 2. The lowest BCUT2D eigenvalue weighted by Crippen LogP contribution is -2.16. The number of hydrogen-bond acceptors (Lipinski definition) is 3. The molecule has 1 aromatic rings. The molecule has 0 aliphatic heterocycles. The number of aromatic nitrogens is 1. The second-order valence-corrected chi connectivity index (χ2v) is 7.23. The highest BCUT2D eigenvalue weighted by atomic mass is 32.1. The normalized spacial score (nSPS) is 21.6. The summed E-state index contributed by atoms with van der Waals surface area (Å²) in [4.78, 5) is 4.77. The summed E-state index contributed by atoms with van der Waals surface area (Å²) >= 11 is 1.79. The van der Waals surface area contributed by atoms with Crippen LogP contribution in [0, 0.1) is 0 Å². The third-order valence-corrected chi connectivity index (χ3v) is 4.28. The van der Waals surface area contributed by atoms with E-state index in [4.69, 9.17) is 10.7 Å². The highest BCUT2D eigenvalue weighted by molar-refractivity contribution is 7.09. The van der Waals surface area contributed by atoms with Gasteiger partial charge in [-0.25, -0.2) is 4.98 Å². The SMILES string of the molecule is CC(C)(C)c1csc(CC2=CC(N)CCCC2)n1. The van der Waals surface area contributed by atoms with E-state index in [1.807, 2.05) is 0 Å². The molecule has 1 atom stereocenters. The first-order chi connectivity index (χ1) is 8.45. The summed E-state index contributed by atoms with van der Waals surface area (Å²) in [5.41, 5.74) is 8.91. The van der Waals surface area contributed by atoms with Crippen molar-refractivity contribution in [1.29, 1.82) is 0 Å². The zero-order valence-electron chi connectivity index (χ0n) is 11.7. The van der Waals surface area contributed by atoms with Crippen molar-refractivity contribution >= 4 is 11.3 Å². The summed E-state index contributed by atoms with van der Waals surface area (Å²) in [6.07, 6.45) is 8.12. The van der Waals surface area contributed by atoms with Crippen LogP contribution in [0.3, 0.4) is 0 Å². The van der Waals surface area contributed by atoms with Crippen molar-refractivity contribution in [3.63, 3.8) is 0 Å². The summed E-state index contributed by atoms with van der Waals surface area (Å²) in [7, 11) is 0. The highest BCUT2D eigenvalue weighted by Crippen LogP contribution is 2.27. The van der Waals surface area contributed by atoms with E-state index in [1.54, 1.807) is 11.3 Å². The maximum Gasteiger partial charge on any atom is 0.0969 e. The van der Waals surface area contributed by atoms with Gasteiger partial charge in [0.25, 0.3) is 0 Å². The van der Waals surface area contributed by atoms with E-state index in [9.17, 15) is 0 Å². The van der Waals surface area contributed by atoms with Gasteiger partial charge in [0, 0.05) is 23.3 Å². The fourth-order valence-electron chi connectivity index (χ4n) is 2.28. The van der Waals surface area contributed by atoms with Crippen LogP contribution >= 0.6 is 11.3 Å². The molecule has 0 bridgehead atoms. The minimum absolute atomic E-state index is 0.156. The molecular formula is C15H24N2S. The summed E-state index contributed by atoms with van der Waals surface area (Å²) < 4.78 is 0. The second kappa shape index (κ2) is 5.54. The molecule has 1 aromatic heterocycles. The molecule has 1 aliphatic carbocycles. The molecule has 0 radical (unpaired) electrons. The van der Waals surface area contributed by atoms with Crippen LogP contribution in [0.4, 0.5) is 0 Å². The van der Waals surface area contributed by atoms with E-state index in [2.05, 4.69) is 32.2 Å². The molecule has 0 fully saturated rings. The van der Waals surface area contributed by atoms with Crippen molar-refractivity contribution in [3.05, 3.63) is 27.7 Å². The van der Waals surface area contributed by atoms with Gasteiger partial charge in [0.1, 0.15) is 0 Å². The van der Waals surface area contributed by atoms with Crippen LogP contribution in [-0.4, -0.2) is 11.0 Å². The second-order valence-electron chi connectivity index (χ2n) is 6.29. The number of nitrogens with zero attached hydrogens (tertiary/aromatic N) is 1. The van der Waals surface area contributed by atoms with Gasteiger partial charge < -0.3 is 5.73 Å². The number of nitrogens with two attached hydrogens (primary N) is 1. The lowest BCUT2D eigenvalue weighted by molar-refractivity contribution is 0.571. The average molecular weight is 264 g/mol. The lowest BCUT2D eigenvalue weighted by atomic mass is 9.93. The van der Waals surface area contributed by atoms with Crippen LogP contribution in [0.25, 0.3) is 0 Å². The van der Waals surface area contributed by atoms with E-state index in [1.165, 1.54) is 35.5 Å². The minimum Gasteiger partial charge on any atom is -0.324 e. The zero-order chi connectivity index (χ0) is 13.2. The fourth-order valence-corrected chi connectivity index (χ4v) is 3.35. The quantitative estimate of drug-likeness (QED) is 0.825. The Labute approximate surface area is 114 Å². The largest absolute Gasteiger partial charge is 0.324 e. The molecule has 2 rings (SSSR count). The van der Waals surface area contributed by atoms with Crippen LogP contribution in [0.15, 0.2) is 17.0 Å². The van der Waals surface area contributed by atoms with E-state index in [-0.39, 0.29) is 11.5 Å².